The molecule has 6 aliphatic heterocycles. The molecule has 0 amide bonds. The molecule has 0 radical (unpaired) electrons. The minimum absolute atomic E-state index is 0.110. The number of carbonyl (C=O) groups excluding carboxylic acids is 2. The van der Waals surface area contributed by atoms with Crippen LogP contribution in [0.1, 0.15) is 130 Å². The molecular weight excluding hydrogens is 2210 g/mol. The summed E-state index contributed by atoms with van der Waals surface area (Å²) in [5, 5.41) is 13.7. The van der Waals surface area contributed by atoms with Crippen molar-refractivity contribution in [1.82, 2.24) is 20.0 Å². The van der Waals surface area contributed by atoms with Gasteiger partial charge in [0.2, 0.25) is 0 Å². The number of halogens is 10. The number of carbonyl (C=O) groups is 2. The van der Waals surface area contributed by atoms with E-state index in [2.05, 4.69) is 257 Å². The van der Waals surface area contributed by atoms with E-state index in [0.717, 1.165) is 152 Å². The third kappa shape index (κ3) is 33.6. The van der Waals surface area contributed by atoms with Gasteiger partial charge in [-0.1, -0.05) is 95.7 Å². The zero-order valence-corrected chi connectivity index (χ0v) is 73.7. The Balaban J connectivity index is 0.000000367. The number of ketones is 2. The van der Waals surface area contributed by atoms with Gasteiger partial charge in [-0.15, -0.1) is 0 Å². The minimum atomic E-state index is -0.785. The first-order valence-corrected chi connectivity index (χ1v) is 66.8. The Morgan fingerprint density at radius 1 is 0.602 bits per heavy atom. The third-order valence-corrected chi connectivity index (χ3v) is 16.2. The van der Waals surface area contributed by atoms with Crippen molar-refractivity contribution in [1.29, 1.82) is 0 Å². The quantitative estimate of drug-likeness (QED) is 0.108. The van der Waals surface area contributed by atoms with E-state index in [1.54, 1.807) is 13.8 Å². The number of hydrogen-bond donors (Lipinski definition) is 2. The Labute approximate surface area is 619 Å². The molecule has 6 heterocycles. The maximum absolute atomic E-state index is 11.7. The van der Waals surface area contributed by atoms with Crippen molar-refractivity contribution in [2.45, 2.75) is 130 Å². The van der Waals surface area contributed by atoms with Crippen molar-refractivity contribution in [2.24, 2.45) is 0 Å². The number of Topliss-reactive ketones (excluding diaryl/α,β-unsaturated/α-hetero) is 2. The van der Waals surface area contributed by atoms with Crippen LogP contribution in [0.15, 0.2) is 59.1 Å². The molecule has 0 aliphatic carbocycles. The number of alkyl halides is 1. The van der Waals surface area contributed by atoms with Crippen LogP contribution in [-0.4, -0.2) is 173 Å². The van der Waals surface area contributed by atoms with E-state index >= 15 is 0 Å². The summed E-state index contributed by atoms with van der Waals surface area (Å²) in [6.45, 7) is 32.2. The number of morpholine rings is 3. The number of ether oxygens (including phenoxy) is 3. The van der Waals surface area contributed by atoms with Crippen molar-refractivity contribution < 1.29 is 56.5 Å². The number of anilines is 2. The molecule has 0 atom stereocenters. The monoisotopic (exact) mass is 2300 g/mol. The summed E-state index contributed by atoms with van der Waals surface area (Å²) in [5.41, 5.74) is 8.36. The Morgan fingerprint density at radius 2 is 0.916 bits per heavy atom. The zero-order chi connectivity index (χ0) is 61.7. The van der Waals surface area contributed by atoms with E-state index in [1.165, 1.54) is 79.7 Å². The average Bonchev–Trinajstić information content (AvgIpc) is 3.57. The first kappa shape index (κ1) is 83.6. The number of aliphatic hydroxyl groups is 1. The van der Waals surface area contributed by atoms with E-state index in [9.17, 15) is 14.7 Å². The van der Waals surface area contributed by atoms with Crippen molar-refractivity contribution >= 4 is 199 Å². The molecule has 83 heavy (non-hydrogen) atoms. The molecule has 9 rings (SSSR count). The molecule has 0 aromatic heterocycles. The number of nitrogens with zero attached hydrogens (tertiary/aromatic N) is 5. The van der Waals surface area contributed by atoms with Crippen LogP contribution in [0, 0.1) is 0 Å². The number of benzene rings is 3. The summed E-state index contributed by atoms with van der Waals surface area (Å²) in [4.78, 5) is 37.1. The van der Waals surface area contributed by atoms with Crippen molar-refractivity contribution in [3.05, 3.63) is 92.5 Å². The molecule has 3 aromatic carbocycles. The van der Waals surface area contributed by atoms with Crippen LogP contribution in [0.25, 0.3) is 0 Å². The van der Waals surface area contributed by atoms with Gasteiger partial charge in [-0.3, -0.25) is 24.3 Å². The van der Waals surface area contributed by atoms with Crippen LogP contribution in [0.5, 0.6) is 0 Å². The maximum atomic E-state index is 11.7. The second-order valence-corrected chi connectivity index (χ2v) is 85.2. The van der Waals surface area contributed by atoms with Gasteiger partial charge in [0.25, 0.3) is 0 Å². The summed E-state index contributed by atoms with van der Waals surface area (Å²) in [5.74, 6) is 0.260. The summed E-state index contributed by atoms with van der Waals surface area (Å²) >= 11 is 23.0. The SMILES string of the molecule is C1CC(N2CCOCC2)CCN1.CCc1ccc(C(C)(C)O)cc1N1CCC(N2CCOCC2)CC1.CCc1ccc(C(C)=O)cc1Br.CCc1ccc(C(C)=O)cc1N1CCC(N2CCOCC2)CC1.CI.I[I-]I.[I][V]([I])[I].[I][V][I]. The average molecular weight is 2310 g/mol. The van der Waals surface area contributed by atoms with E-state index in [0.29, 0.717) is 34.8 Å². The molecule has 6 fully saturated rings. The Morgan fingerprint density at radius 3 is 1.24 bits per heavy atom. The van der Waals surface area contributed by atoms with Crippen molar-refractivity contribution in [3.63, 3.8) is 0 Å². The van der Waals surface area contributed by atoms with Gasteiger partial charge >= 0.3 is 165 Å². The number of hydrogen-bond acceptors (Lipinski definition) is 12. The summed E-state index contributed by atoms with van der Waals surface area (Å²) in [7, 11) is 0.628. The van der Waals surface area contributed by atoms with E-state index < -0.39 is 5.60 Å². The molecule has 12 nitrogen and oxygen atoms in total. The van der Waals surface area contributed by atoms with Crippen molar-refractivity contribution in [2.75, 3.05) is 133 Å². The molecular formula is C59H92BrI9N6O6V2-. The summed E-state index contributed by atoms with van der Waals surface area (Å²) in [6.07, 6.45) is 10.5. The van der Waals surface area contributed by atoms with Gasteiger partial charge in [0.15, 0.2) is 11.6 Å². The molecule has 6 saturated heterocycles. The second-order valence-electron chi connectivity index (χ2n) is 20.9. The molecule has 0 spiro atoms. The van der Waals surface area contributed by atoms with Crippen LogP contribution >= 0.6 is 176 Å². The van der Waals surface area contributed by atoms with Crippen LogP contribution < -0.4 is 28.4 Å². The predicted molar refractivity (Wildman–Crippen MR) is 412 cm³/mol. The fourth-order valence-corrected chi connectivity index (χ4v) is 11.6. The number of aryl methyl sites for hydroxylation is 3. The topological polar surface area (TPSA) is 110 Å². The Hall–Kier alpha value is 4.50. The molecule has 24 heteroatoms. The number of nitrogens with one attached hydrogen (secondary N) is 1. The molecule has 475 valence electrons. The van der Waals surface area contributed by atoms with Gasteiger partial charge < -0.3 is 34.4 Å². The van der Waals surface area contributed by atoms with Crippen LogP contribution in [0.3, 0.4) is 0 Å². The fraction of sp³-hybridized carbons (Fsp3) is 0.661. The second kappa shape index (κ2) is 50.0. The molecule has 2 N–H and O–H groups in total. The summed E-state index contributed by atoms with van der Waals surface area (Å²) < 4.78 is 17.3. The van der Waals surface area contributed by atoms with Gasteiger partial charge in [-0.2, -0.15) is 0 Å². The van der Waals surface area contributed by atoms with Gasteiger partial charge in [0.05, 0.1) is 45.2 Å². The number of piperidine rings is 3. The van der Waals surface area contributed by atoms with Crippen LogP contribution in [-0.2, 0) is 53.5 Å². The first-order chi connectivity index (χ1) is 39.8. The van der Waals surface area contributed by atoms with E-state index in [1.807, 2.05) is 43.0 Å². The fourth-order valence-electron chi connectivity index (χ4n) is 10.9. The molecule has 6 aliphatic rings. The Kier molecular flexibility index (Phi) is 50.3. The van der Waals surface area contributed by atoms with Gasteiger partial charge in [0.1, 0.15) is 0 Å². The number of rotatable bonds is 11. The van der Waals surface area contributed by atoms with E-state index in [-0.39, 0.29) is 16.5 Å². The molecule has 3 aromatic rings. The predicted octanol–water partition coefficient (Wildman–Crippen LogP) is 13.1. The molecule has 0 unspecified atom stereocenters. The zero-order valence-electron chi connectivity index (χ0n) is 49.9. The molecule has 0 saturated carbocycles. The Bertz CT molecular complexity index is 2190. The van der Waals surface area contributed by atoms with Gasteiger partial charge in [0, 0.05) is 111 Å². The summed E-state index contributed by atoms with van der Waals surface area (Å²) in [6, 6.07) is 20.6. The van der Waals surface area contributed by atoms with Crippen molar-refractivity contribution in [3.8, 4) is 0 Å². The third-order valence-electron chi connectivity index (χ3n) is 15.5. The van der Waals surface area contributed by atoms with Gasteiger partial charge in [-0.05, 0) is 144 Å². The first-order valence-electron chi connectivity index (χ1n) is 28.7. The normalized spacial score (nSPS) is 18.4. The standard InChI is InChI=1S/C20H32N2O2.C19H28N2O2.C10H11BrO.C9H18N2O.CH3I.I3.5HI.2V/c1-4-16-5-6-17(20(2,3)23)15-19(16)22-9-7-18(8-10-22)21-11-13-24-14-12-21;1-3-16-4-5-17(15(2)22)14-19(16)21-8-6-18(7-9-21)20-10-12-23-13-11-20;1-3-8-4-5-9(7(2)12)6-10(8)11;1-3-10-4-2-9(1)11-5-7-12-8-6-11;1-2;1-3-2;;;;;;;/h5-6,15,18,23H,4,7-14H2,1-3H3;4-5,14,18H,3,6-13H2,1-2H3;4-6H,3H2,1-2H3;9-10H,1-8H2;1H3;;5*1H;;/q;;;;;-1;;;;;;+2;+3/p-5. The van der Waals surface area contributed by atoms with E-state index in [4.69, 9.17) is 14.2 Å². The van der Waals surface area contributed by atoms with Gasteiger partial charge in [-0.25, -0.2) is 0 Å². The molecule has 0 bridgehead atoms. The van der Waals surface area contributed by atoms with Crippen LogP contribution in [0.2, 0.25) is 0 Å². The van der Waals surface area contributed by atoms with Crippen LogP contribution in [0.4, 0.5) is 11.4 Å².